The topological polar surface area (TPSA) is 66.9 Å². The van der Waals surface area contributed by atoms with Gasteiger partial charge in [-0.25, -0.2) is 4.98 Å². The molecule has 0 aliphatic rings. The first kappa shape index (κ1) is 19.7. The van der Waals surface area contributed by atoms with Gasteiger partial charge < -0.3 is 0 Å². The number of imidazole rings is 1. The second-order valence-electron chi connectivity index (χ2n) is 7.75. The van der Waals surface area contributed by atoms with Gasteiger partial charge in [0.05, 0.1) is 29.2 Å². The van der Waals surface area contributed by atoms with E-state index in [1.165, 1.54) is 0 Å². The third-order valence-corrected chi connectivity index (χ3v) is 5.63. The van der Waals surface area contributed by atoms with Crippen LogP contribution in [0.5, 0.6) is 0 Å². The Balaban J connectivity index is 1.41. The van der Waals surface area contributed by atoms with E-state index in [-0.39, 0.29) is 0 Å². The molecule has 0 saturated carbocycles. The van der Waals surface area contributed by atoms with Crippen molar-refractivity contribution >= 4 is 5.65 Å². The van der Waals surface area contributed by atoms with Gasteiger partial charge in [-0.1, -0.05) is 42.5 Å². The Labute approximate surface area is 186 Å². The second kappa shape index (κ2) is 8.44. The van der Waals surface area contributed by atoms with Crippen molar-refractivity contribution < 1.29 is 0 Å². The fraction of sp³-hybridized carbons (Fsp3) is 0.111. The SMILES string of the molecule is Cc1cc(-c2ccc(CCc3nccn4c(-c5ccccc5)cnc34)cc2C#N)ccn1. The summed E-state index contributed by atoms with van der Waals surface area (Å²) in [4.78, 5) is 13.5. The van der Waals surface area contributed by atoms with Crippen molar-refractivity contribution in [2.45, 2.75) is 19.8 Å². The number of hydrogen-bond donors (Lipinski definition) is 0. The summed E-state index contributed by atoms with van der Waals surface area (Å²) in [6, 6.07) is 22.6. The summed E-state index contributed by atoms with van der Waals surface area (Å²) in [5.41, 5.74) is 8.65. The number of aromatic nitrogens is 4. The van der Waals surface area contributed by atoms with Crippen molar-refractivity contribution in [2.75, 3.05) is 0 Å². The number of pyridine rings is 1. The summed E-state index contributed by atoms with van der Waals surface area (Å²) < 4.78 is 2.09. The van der Waals surface area contributed by atoms with Gasteiger partial charge in [-0.3, -0.25) is 14.4 Å². The van der Waals surface area contributed by atoms with Crippen LogP contribution in [0, 0.1) is 18.3 Å². The summed E-state index contributed by atoms with van der Waals surface area (Å²) in [6.45, 7) is 1.95. The van der Waals surface area contributed by atoms with Gasteiger partial charge in [-0.2, -0.15) is 5.26 Å². The summed E-state index contributed by atoms with van der Waals surface area (Å²) >= 11 is 0. The smallest absolute Gasteiger partial charge is 0.159 e. The molecule has 154 valence electrons. The lowest BCUT2D eigenvalue weighted by Gasteiger charge is -2.09. The van der Waals surface area contributed by atoms with Crippen molar-refractivity contribution in [2.24, 2.45) is 0 Å². The molecular formula is C27H21N5. The van der Waals surface area contributed by atoms with Crippen molar-refractivity contribution in [3.8, 4) is 28.5 Å². The van der Waals surface area contributed by atoms with Gasteiger partial charge in [0.25, 0.3) is 0 Å². The molecule has 5 rings (SSSR count). The molecule has 0 spiro atoms. The molecule has 5 nitrogen and oxygen atoms in total. The standard InChI is InChI=1S/C27H21N5/c1-19-15-22(11-12-29-19)24-9-7-20(16-23(24)17-28)8-10-25-27-31-18-26(32(27)14-13-30-25)21-5-3-2-4-6-21/h2-7,9,11-16,18H,8,10H2,1H3. The minimum atomic E-state index is 0.673. The Bertz CT molecular complexity index is 1440. The highest BCUT2D eigenvalue weighted by Gasteiger charge is 2.12. The monoisotopic (exact) mass is 415 g/mol. The van der Waals surface area contributed by atoms with Gasteiger partial charge >= 0.3 is 0 Å². The van der Waals surface area contributed by atoms with E-state index in [0.29, 0.717) is 5.56 Å². The van der Waals surface area contributed by atoms with E-state index < -0.39 is 0 Å². The van der Waals surface area contributed by atoms with Gasteiger partial charge in [0, 0.05) is 29.8 Å². The number of fused-ring (bicyclic) bond motifs is 1. The minimum absolute atomic E-state index is 0.673. The number of hydrogen-bond acceptors (Lipinski definition) is 4. The lowest BCUT2D eigenvalue weighted by atomic mass is 9.96. The molecule has 32 heavy (non-hydrogen) atoms. The van der Waals surface area contributed by atoms with Crippen LogP contribution in [0.15, 0.2) is 85.5 Å². The lowest BCUT2D eigenvalue weighted by Crippen LogP contribution is -2.00. The van der Waals surface area contributed by atoms with Gasteiger partial charge in [0.1, 0.15) is 0 Å². The first-order valence-corrected chi connectivity index (χ1v) is 10.6. The molecule has 5 heteroatoms. The first-order valence-electron chi connectivity index (χ1n) is 10.6. The Kier molecular flexibility index (Phi) is 5.19. The molecule has 0 fully saturated rings. The fourth-order valence-electron chi connectivity index (χ4n) is 4.04. The zero-order valence-electron chi connectivity index (χ0n) is 17.7. The zero-order chi connectivity index (χ0) is 21.9. The highest BCUT2D eigenvalue weighted by atomic mass is 15.0. The van der Waals surface area contributed by atoms with Crippen LogP contribution in [0.25, 0.3) is 28.0 Å². The molecule has 0 bridgehead atoms. The maximum atomic E-state index is 9.72. The van der Waals surface area contributed by atoms with E-state index >= 15 is 0 Å². The molecule has 3 aromatic heterocycles. The fourth-order valence-corrected chi connectivity index (χ4v) is 4.04. The van der Waals surface area contributed by atoms with E-state index in [1.54, 1.807) is 6.20 Å². The van der Waals surface area contributed by atoms with Gasteiger partial charge in [0.2, 0.25) is 0 Å². The summed E-state index contributed by atoms with van der Waals surface area (Å²) in [5, 5.41) is 9.72. The third-order valence-electron chi connectivity index (χ3n) is 5.63. The highest BCUT2D eigenvalue weighted by Crippen LogP contribution is 2.26. The van der Waals surface area contributed by atoms with Crippen molar-refractivity contribution in [1.82, 2.24) is 19.4 Å². The highest BCUT2D eigenvalue weighted by molar-refractivity contribution is 5.71. The molecule has 0 aliphatic heterocycles. The average molecular weight is 416 g/mol. The van der Waals surface area contributed by atoms with Crippen LogP contribution in [0.3, 0.4) is 0 Å². The van der Waals surface area contributed by atoms with Crippen LogP contribution < -0.4 is 0 Å². The molecule has 0 N–H and O–H groups in total. The molecule has 3 heterocycles. The number of nitrogens with zero attached hydrogens (tertiary/aromatic N) is 5. The Morgan fingerprint density at radius 3 is 2.56 bits per heavy atom. The van der Waals surface area contributed by atoms with E-state index in [4.69, 9.17) is 0 Å². The van der Waals surface area contributed by atoms with E-state index in [1.807, 2.05) is 68.0 Å². The Morgan fingerprint density at radius 2 is 1.75 bits per heavy atom. The van der Waals surface area contributed by atoms with Crippen molar-refractivity contribution in [3.63, 3.8) is 0 Å². The maximum absolute atomic E-state index is 9.72. The molecule has 0 aliphatic carbocycles. The quantitative estimate of drug-likeness (QED) is 0.384. The van der Waals surface area contributed by atoms with Crippen LogP contribution in [0.4, 0.5) is 0 Å². The molecule has 0 saturated heterocycles. The normalized spacial score (nSPS) is 10.9. The van der Waals surface area contributed by atoms with Crippen molar-refractivity contribution in [3.05, 3.63) is 108 Å². The third kappa shape index (κ3) is 3.75. The molecule has 0 amide bonds. The van der Waals surface area contributed by atoms with Crippen LogP contribution in [0.1, 0.15) is 22.5 Å². The number of nitriles is 1. The van der Waals surface area contributed by atoms with Crippen molar-refractivity contribution in [1.29, 1.82) is 5.26 Å². The zero-order valence-corrected chi connectivity index (χ0v) is 17.7. The van der Waals surface area contributed by atoms with E-state index in [9.17, 15) is 5.26 Å². The maximum Gasteiger partial charge on any atom is 0.159 e. The predicted molar refractivity (Wildman–Crippen MR) is 125 cm³/mol. The van der Waals surface area contributed by atoms with Crippen LogP contribution in [0.2, 0.25) is 0 Å². The second-order valence-corrected chi connectivity index (χ2v) is 7.75. The number of benzene rings is 2. The molecular weight excluding hydrogens is 394 g/mol. The average Bonchev–Trinajstić information content (AvgIpc) is 3.28. The van der Waals surface area contributed by atoms with Gasteiger partial charge in [-0.15, -0.1) is 0 Å². The van der Waals surface area contributed by atoms with Crippen LogP contribution in [-0.2, 0) is 12.8 Å². The largest absolute Gasteiger partial charge is 0.297 e. The number of rotatable bonds is 5. The Hall–Kier alpha value is -4.30. The molecule has 0 unspecified atom stereocenters. The summed E-state index contributed by atoms with van der Waals surface area (Å²) in [7, 11) is 0. The summed E-state index contributed by atoms with van der Waals surface area (Å²) in [5.74, 6) is 0. The Morgan fingerprint density at radius 1 is 0.875 bits per heavy atom. The van der Waals surface area contributed by atoms with E-state index in [2.05, 4.69) is 43.6 Å². The molecule has 0 atom stereocenters. The van der Waals surface area contributed by atoms with Gasteiger partial charge in [-0.05, 0) is 54.7 Å². The molecule has 5 aromatic rings. The van der Waals surface area contributed by atoms with Gasteiger partial charge in [0.15, 0.2) is 5.65 Å². The van der Waals surface area contributed by atoms with E-state index in [0.717, 1.165) is 57.8 Å². The lowest BCUT2D eigenvalue weighted by molar-refractivity contribution is 0.902. The molecule has 0 radical (unpaired) electrons. The van der Waals surface area contributed by atoms with Crippen LogP contribution >= 0.6 is 0 Å². The first-order chi connectivity index (χ1) is 15.7. The predicted octanol–water partition coefficient (Wildman–Crippen LogP) is 5.42. The van der Waals surface area contributed by atoms with Crippen LogP contribution in [-0.4, -0.2) is 19.4 Å². The minimum Gasteiger partial charge on any atom is -0.297 e. The summed E-state index contributed by atoms with van der Waals surface area (Å²) in [6.07, 6.45) is 8.98. The molecule has 2 aromatic carbocycles. The number of aryl methyl sites for hydroxylation is 3.